The molecule has 2 nitrogen and oxygen atoms in total. The molecule has 1 aromatic carbocycles. The summed E-state index contributed by atoms with van der Waals surface area (Å²) in [5.74, 6) is 0. The van der Waals surface area contributed by atoms with E-state index in [1.165, 1.54) is 5.56 Å². The minimum Gasteiger partial charge on any atom is 1.00 e. The summed E-state index contributed by atoms with van der Waals surface area (Å²) in [6.07, 6.45) is 0. The molecular weight excluding hydrogens is 254 g/mol. The maximum atomic E-state index is 10.0. The fraction of sp³-hybridized carbons (Fsp3) is 0.250. The number of nitroso groups, excluding NO2 is 1. The number of hydrogen-bond acceptors (Lipinski definition) is 2. The molecule has 0 amide bonds. The largest absolute Gasteiger partial charge is 1.00 e. The molecule has 0 saturated heterocycles. The Kier molecular flexibility index (Phi) is 3.04. The van der Waals surface area contributed by atoms with Gasteiger partial charge in [-0.05, 0) is 0 Å². The van der Waals surface area contributed by atoms with Crippen molar-refractivity contribution in [3.8, 4) is 0 Å². The number of rotatable bonds is 2. The molecule has 0 spiro atoms. The first-order valence-corrected chi connectivity index (χ1v) is 4.83. The quantitative estimate of drug-likeness (QED) is 0.594. The maximum absolute atomic E-state index is 10.0. The Morgan fingerprint density at radius 2 is 2.00 bits per heavy atom. The third-order valence-electron chi connectivity index (χ3n) is 1.48. The second-order valence-electron chi connectivity index (χ2n) is 2.36. The van der Waals surface area contributed by atoms with Gasteiger partial charge in [-0.25, -0.2) is 0 Å². The predicted octanol–water partition coefficient (Wildman–Crippen LogP) is 2.16. The van der Waals surface area contributed by atoms with Crippen molar-refractivity contribution in [3.63, 3.8) is 0 Å². The van der Waals surface area contributed by atoms with Gasteiger partial charge in [0, 0.05) is 0 Å². The summed E-state index contributed by atoms with van der Waals surface area (Å²) in [6.45, 7) is 2.14. The van der Waals surface area contributed by atoms with Crippen molar-refractivity contribution >= 4 is 28.0 Å². The molecule has 11 heavy (non-hydrogen) atoms. The minimum absolute atomic E-state index is 0. The SMILES string of the molecule is CC([TeH])c1ccc(N=O)cc1.[H+]. The smallest absolute Gasteiger partial charge is 1.00 e. The number of nitrogens with zero attached hydrogens (tertiary/aromatic N) is 1. The van der Waals surface area contributed by atoms with Crippen molar-refractivity contribution in [1.82, 2.24) is 0 Å². The molecule has 58 valence electrons. The van der Waals surface area contributed by atoms with Crippen LogP contribution in [0.1, 0.15) is 17.9 Å². The van der Waals surface area contributed by atoms with Crippen molar-refractivity contribution in [1.29, 1.82) is 0 Å². The summed E-state index contributed by atoms with van der Waals surface area (Å²) < 4.78 is 0.560. The molecule has 0 aliphatic heterocycles. The van der Waals surface area contributed by atoms with Gasteiger partial charge in [-0.1, -0.05) is 0 Å². The van der Waals surface area contributed by atoms with E-state index in [1.807, 2.05) is 12.1 Å². The van der Waals surface area contributed by atoms with Crippen LogP contribution < -0.4 is 0 Å². The van der Waals surface area contributed by atoms with Gasteiger partial charge in [-0.2, -0.15) is 0 Å². The van der Waals surface area contributed by atoms with E-state index in [9.17, 15) is 4.91 Å². The standard InChI is InChI=1S/C8H9NOTe/c1-6(11)7-2-4-8(9-10)5-3-7/h2-6,11H,1H3/p+1. The average Bonchev–Trinajstić information content (AvgIpc) is 2.05. The first-order chi connectivity index (χ1) is 5.24. The molecule has 0 fully saturated rings. The molecule has 0 bridgehead atoms. The zero-order valence-corrected chi connectivity index (χ0v) is 8.74. The van der Waals surface area contributed by atoms with Crippen LogP contribution in [0.4, 0.5) is 5.69 Å². The van der Waals surface area contributed by atoms with Gasteiger partial charge < -0.3 is 0 Å². The van der Waals surface area contributed by atoms with Gasteiger partial charge in [0.25, 0.3) is 0 Å². The first kappa shape index (κ1) is 8.70. The Morgan fingerprint density at radius 1 is 1.45 bits per heavy atom. The fourth-order valence-corrected chi connectivity index (χ4v) is 1.30. The number of benzene rings is 1. The Balaban J connectivity index is 0.00000121. The summed E-state index contributed by atoms with van der Waals surface area (Å²) in [6, 6.07) is 7.38. The molecule has 0 N–H and O–H groups in total. The summed E-state index contributed by atoms with van der Waals surface area (Å²) in [7, 11) is 0. The molecule has 1 aromatic rings. The van der Waals surface area contributed by atoms with Gasteiger partial charge in [-0.15, -0.1) is 0 Å². The van der Waals surface area contributed by atoms with Gasteiger partial charge in [0.2, 0.25) is 0 Å². The van der Waals surface area contributed by atoms with Crippen LogP contribution in [0.15, 0.2) is 29.4 Å². The van der Waals surface area contributed by atoms with E-state index in [0.29, 0.717) is 9.65 Å². The summed E-state index contributed by atoms with van der Waals surface area (Å²) in [5.41, 5.74) is 1.76. The van der Waals surface area contributed by atoms with E-state index in [-0.39, 0.29) is 1.43 Å². The van der Waals surface area contributed by atoms with Crippen LogP contribution in [0.2, 0.25) is 0 Å². The van der Waals surface area contributed by atoms with Gasteiger partial charge >= 0.3 is 80.2 Å². The molecule has 3 heteroatoms. The molecular formula is C8H10NOTe+. The van der Waals surface area contributed by atoms with E-state index in [4.69, 9.17) is 0 Å². The molecule has 0 aliphatic rings. The van der Waals surface area contributed by atoms with Crippen LogP contribution in [-0.2, 0) is 0 Å². The van der Waals surface area contributed by atoms with Crippen molar-refractivity contribution in [2.75, 3.05) is 0 Å². The average molecular weight is 264 g/mol. The molecule has 1 rings (SSSR count). The minimum atomic E-state index is 0. The molecule has 0 saturated carbocycles. The molecule has 0 radical (unpaired) electrons. The molecule has 1 unspecified atom stereocenters. The molecule has 0 aromatic heterocycles. The van der Waals surface area contributed by atoms with E-state index in [2.05, 4.69) is 12.1 Å². The van der Waals surface area contributed by atoms with E-state index >= 15 is 0 Å². The second-order valence-corrected chi connectivity index (χ2v) is 4.57. The van der Waals surface area contributed by atoms with Crippen molar-refractivity contribution in [3.05, 3.63) is 34.7 Å². The van der Waals surface area contributed by atoms with Gasteiger partial charge in [0.1, 0.15) is 0 Å². The maximum Gasteiger partial charge on any atom is 1.00 e. The summed E-state index contributed by atoms with van der Waals surface area (Å²) >= 11 is 1.77. The van der Waals surface area contributed by atoms with E-state index < -0.39 is 0 Å². The van der Waals surface area contributed by atoms with Gasteiger partial charge in [0.15, 0.2) is 0 Å². The van der Waals surface area contributed by atoms with Crippen molar-refractivity contribution in [2.45, 2.75) is 10.9 Å². The van der Waals surface area contributed by atoms with Gasteiger partial charge in [0.05, 0.1) is 0 Å². The Morgan fingerprint density at radius 3 is 2.36 bits per heavy atom. The molecule has 1 atom stereocenters. The van der Waals surface area contributed by atoms with E-state index in [0.717, 1.165) is 0 Å². The Labute approximate surface area is 80.4 Å². The molecule has 0 heterocycles. The zero-order chi connectivity index (χ0) is 8.27. The van der Waals surface area contributed by atoms with Gasteiger partial charge in [-0.3, -0.25) is 0 Å². The van der Waals surface area contributed by atoms with Crippen molar-refractivity contribution < 1.29 is 1.43 Å². The van der Waals surface area contributed by atoms with Crippen LogP contribution in [0.5, 0.6) is 0 Å². The summed E-state index contributed by atoms with van der Waals surface area (Å²) in [5, 5.41) is 2.83. The van der Waals surface area contributed by atoms with Crippen molar-refractivity contribution in [2.24, 2.45) is 5.18 Å². The third-order valence-corrected chi connectivity index (χ3v) is 2.33. The topological polar surface area (TPSA) is 29.4 Å². The van der Waals surface area contributed by atoms with E-state index in [1.54, 1.807) is 34.4 Å². The number of hydrogen-bond donors (Lipinski definition) is 0. The third kappa shape index (κ3) is 2.28. The first-order valence-electron chi connectivity index (χ1n) is 3.35. The summed E-state index contributed by atoms with van der Waals surface area (Å²) in [4.78, 5) is 10.0. The predicted molar refractivity (Wildman–Crippen MR) is 48.6 cm³/mol. The van der Waals surface area contributed by atoms with Crippen LogP contribution >= 0.6 is 0 Å². The fourth-order valence-electron chi connectivity index (χ4n) is 0.814. The Bertz CT molecular complexity index is 248. The molecule has 0 aliphatic carbocycles. The monoisotopic (exact) mass is 266 g/mol. The van der Waals surface area contributed by atoms with Crippen LogP contribution in [0.3, 0.4) is 0 Å². The van der Waals surface area contributed by atoms with Crippen LogP contribution in [-0.4, -0.2) is 22.3 Å². The van der Waals surface area contributed by atoms with Crippen LogP contribution in [0, 0.1) is 4.91 Å². The Hall–Kier alpha value is -0.390. The zero-order valence-electron chi connectivity index (χ0n) is 7.19. The normalized spacial score (nSPS) is 12.5. The van der Waals surface area contributed by atoms with Crippen LogP contribution in [0.25, 0.3) is 0 Å². The second kappa shape index (κ2) is 3.85.